The first-order valence-corrected chi connectivity index (χ1v) is 15.2. The van der Waals surface area contributed by atoms with Gasteiger partial charge in [0, 0.05) is 6.42 Å². The average Bonchev–Trinajstić information content (AvgIpc) is 3.15. The molecule has 4 fully saturated rings. The van der Waals surface area contributed by atoms with Crippen LogP contribution >= 0.6 is 0 Å². The van der Waals surface area contributed by atoms with E-state index in [1.807, 2.05) is 0 Å². The summed E-state index contributed by atoms with van der Waals surface area (Å²) in [6.45, 7) is 14.1. The van der Waals surface area contributed by atoms with Crippen molar-refractivity contribution in [3.63, 3.8) is 0 Å². The summed E-state index contributed by atoms with van der Waals surface area (Å²) < 4.78 is 5.85. The molecule has 0 bridgehead atoms. The Morgan fingerprint density at radius 2 is 1.57 bits per heavy atom. The maximum Gasteiger partial charge on any atom is 0.306 e. The summed E-state index contributed by atoms with van der Waals surface area (Å²) in [5, 5.41) is 0. The fraction of sp³-hybridized carbons (Fsp3) is 0.938. The number of esters is 1. The molecule has 0 aromatic rings. The van der Waals surface area contributed by atoms with Crippen LogP contribution in [0.5, 0.6) is 0 Å². The lowest BCUT2D eigenvalue weighted by Crippen LogP contribution is -2.54. The second kappa shape index (κ2) is 10.9. The number of Topliss-reactive ketones (excluding diaryl/α,β-unsaturated/α-hetero) is 1. The van der Waals surface area contributed by atoms with E-state index in [9.17, 15) is 9.59 Å². The Morgan fingerprint density at radius 3 is 2.29 bits per heavy atom. The van der Waals surface area contributed by atoms with Crippen LogP contribution in [0, 0.1) is 52.3 Å². The summed E-state index contributed by atoms with van der Waals surface area (Å²) in [6, 6.07) is 0. The van der Waals surface area contributed by atoms with Crippen LogP contribution in [0.25, 0.3) is 0 Å². The molecule has 4 saturated carbocycles. The van der Waals surface area contributed by atoms with Gasteiger partial charge in [0.15, 0.2) is 0 Å². The third kappa shape index (κ3) is 5.54. The Labute approximate surface area is 215 Å². The zero-order valence-corrected chi connectivity index (χ0v) is 23.7. The maximum absolute atomic E-state index is 12.3. The zero-order chi connectivity index (χ0) is 25.4. The smallest absolute Gasteiger partial charge is 0.306 e. The van der Waals surface area contributed by atoms with E-state index in [4.69, 9.17) is 4.74 Å². The van der Waals surface area contributed by atoms with Gasteiger partial charge in [-0.25, -0.2) is 0 Å². The lowest BCUT2D eigenvalue weighted by atomic mass is 9.44. The molecule has 35 heavy (non-hydrogen) atoms. The minimum atomic E-state index is -0.171. The van der Waals surface area contributed by atoms with Crippen molar-refractivity contribution in [1.82, 2.24) is 0 Å². The normalized spacial score (nSPS) is 41.6. The monoisotopic (exact) mass is 486 g/mol. The van der Waals surface area contributed by atoms with Gasteiger partial charge in [0.05, 0.1) is 6.42 Å². The molecule has 9 atom stereocenters. The Hall–Kier alpha value is -0.860. The molecule has 0 amide bonds. The van der Waals surface area contributed by atoms with Gasteiger partial charge in [0.1, 0.15) is 11.9 Å². The Balaban J connectivity index is 1.37. The van der Waals surface area contributed by atoms with Crippen LogP contribution < -0.4 is 0 Å². The molecule has 0 radical (unpaired) electrons. The first-order chi connectivity index (χ1) is 16.5. The van der Waals surface area contributed by atoms with Gasteiger partial charge in [-0.1, -0.05) is 53.9 Å². The van der Waals surface area contributed by atoms with Gasteiger partial charge < -0.3 is 9.53 Å². The van der Waals surface area contributed by atoms with Crippen LogP contribution in [-0.4, -0.2) is 17.9 Å². The largest absolute Gasteiger partial charge is 0.462 e. The summed E-state index contributed by atoms with van der Waals surface area (Å²) in [5.74, 6) is 5.94. The van der Waals surface area contributed by atoms with E-state index < -0.39 is 0 Å². The zero-order valence-electron chi connectivity index (χ0n) is 23.7. The lowest BCUT2D eigenvalue weighted by Gasteiger charge is -2.61. The highest BCUT2D eigenvalue weighted by Gasteiger charge is 2.60. The molecule has 4 rings (SSSR count). The fourth-order valence-corrected chi connectivity index (χ4v) is 9.87. The molecule has 3 heteroatoms. The molecule has 0 aromatic heterocycles. The van der Waals surface area contributed by atoms with Gasteiger partial charge in [0.25, 0.3) is 0 Å². The Kier molecular flexibility index (Phi) is 8.44. The van der Waals surface area contributed by atoms with Gasteiger partial charge in [-0.2, -0.15) is 0 Å². The first kappa shape index (κ1) is 27.2. The van der Waals surface area contributed by atoms with Crippen molar-refractivity contribution in [2.24, 2.45) is 52.3 Å². The molecule has 3 nitrogen and oxygen atoms in total. The molecule has 0 N–H and O–H groups in total. The van der Waals surface area contributed by atoms with Crippen LogP contribution in [0.3, 0.4) is 0 Å². The van der Waals surface area contributed by atoms with Crippen LogP contribution in [0.15, 0.2) is 0 Å². The lowest BCUT2D eigenvalue weighted by molar-refractivity contribution is -0.163. The number of rotatable bonds is 9. The van der Waals surface area contributed by atoms with Crippen molar-refractivity contribution in [1.29, 1.82) is 0 Å². The highest BCUT2D eigenvalue weighted by molar-refractivity contribution is 5.81. The van der Waals surface area contributed by atoms with Gasteiger partial charge in [-0.05, 0) is 117 Å². The van der Waals surface area contributed by atoms with Crippen molar-refractivity contribution in [2.75, 3.05) is 0 Å². The van der Waals surface area contributed by atoms with Crippen LogP contribution in [0.2, 0.25) is 0 Å². The highest BCUT2D eigenvalue weighted by Crippen LogP contribution is 2.68. The van der Waals surface area contributed by atoms with Gasteiger partial charge in [-0.15, -0.1) is 0 Å². The average molecular weight is 487 g/mol. The number of carbonyl (C=O) groups excluding carboxylic acids is 2. The van der Waals surface area contributed by atoms with Crippen molar-refractivity contribution in [2.45, 2.75) is 138 Å². The number of hydrogen-bond acceptors (Lipinski definition) is 3. The number of hydrogen-bond donors (Lipinski definition) is 0. The summed E-state index contributed by atoms with van der Waals surface area (Å²) in [5.41, 5.74) is 0.985. The van der Waals surface area contributed by atoms with Gasteiger partial charge >= 0.3 is 5.97 Å². The van der Waals surface area contributed by atoms with Crippen molar-refractivity contribution in [3.05, 3.63) is 0 Å². The minimum Gasteiger partial charge on any atom is -0.462 e. The van der Waals surface area contributed by atoms with Crippen LogP contribution in [-0.2, 0) is 14.3 Å². The third-order valence-corrected chi connectivity index (χ3v) is 11.8. The summed E-state index contributed by atoms with van der Waals surface area (Å²) in [4.78, 5) is 23.5. The Morgan fingerprint density at radius 1 is 0.857 bits per heavy atom. The van der Waals surface area contributed by atoms with Crippen LogP contribution in [0.4, 0.5) is 0 Å². The summed E-state index contributed by atoms with van der Waals surface area (Å²) in [7, 11) is 0. The summed E-state index contributed by atoms with van der Waals surface area (Å²) in [6.07, 6.45) is 16.6. The van der Waals surface area contributed by atoms with E-state index in [0.717, 1.165) is 48.3 Å². The molecule has 4 aliphatic carbocycles. The van der Waals surface area contributed by atoms with Crippen molar-refractivity contribution < 1.29 is 14.3 Å². The molecule has 4 aliphatic rings. The molecule has 0 aromatic carbocycles. The Bertz CT molecular complexity index is 758. The highest BCUT2D eigenvalue weighted by atomic mass is 16.5. The topological polar surface area (TPSA) is 43.4 Å². The molecule has 0 saturated heterocycles. The maximum atomic E-state index is 12.3. The van der Waals surface area contributed by atoms with Crippen molar-refractivity contribution in [3.8, 4) is 0 Å². The van der Waals surface area contributed by atoms with Gasteiger partial charge in [-0.3, -0.25) is 4.79 Å². The second-order valence-electron chi connectivity index (χ2n) is 14.3. The van der Waals surface area contributed by atoms with E-state index in [1.54, 1.807) is 6.92 Å². The number of fused-ring (bicyclic) bond motifs is 5. The van der Waals surface area contributed by atoms with Gasteiger partial charge in [0.2, 0.25) is 0 Å². The van der Waals surface area contributed by atoms with Crippen molar-refractivity contribution >= 4 is 11.8 Å². The molecule has 4 unspecified atom stereocenters. The molecule has 0 spiro atoms. The molecular formula is C32H54O3. The third-order valence-electron chi connectivity index (χ3n) is 11.8. The predicted octanol–water partition coefficient (Wildman–Crippen LogP) is 8.39. The second-order valence-corrected chi connectivity index (χ2v) is 14.3. The number of carbonyl (C=O) groups is 2. The number of ketones is 1. The first-order valence-electron chi connectivity index (χ1n) is 15.2. The standard InChI is InChI=1S/C32H54O3/c1-21(2)8-7-9-22(3)27-13-14-28-26-12-11-24-20-25(35-30(34)15-10-23(4)33)16-18-31(24,5)29(26)17-19-32(27,28)6/h21-22,24-29H,7-20H2,1-6H3/t22-,24?,25-,26?,27-,28?,29?,31+,32-/m1/s1. The predicted molar refractivity (Wildman–Crippen MR) is 143 cm³/mol. The molecule has 0 aliphatic heterocycles. The van der Waals surface area contributed by atoms with E-state index in [-0.39, 0.29) is 24.3 Å². The summed E-state index contributed by atoms with van der Waals surface area (Å²) >= 11 is 0. The quantitative estimate of drug-likeness (QED) is 0.307. The van der Waals surface area contributed by atoms with Crippen LogP contribution in [0.1, 0.15) is 131 Å². The van der Waals surface area contributed by atoms with E-state index in [1.165, 1.54) is 64.2 Å². The fourth-order valence-electron chi connectivity index (χ4n) is 9.87. The van der Waals surface area contributed by atoms with E-state index in [0.29, 0.717) is 23.2 Å². The molecular weight excluding hydrogens is 432 g/mol. The number of ether oxygens (including phenoxy) is 1. The van der Waals surface area contributed by atoms with E-state index >= 15 is 0 Å². The minimum absolute atomic E-state index is 0.0693. The molecule has 0 heterocycles. The van der Waals surface area contributed by atoms with E-state index in [2.05, 4.69) is 34.6 Å². The SMILES string of the molecule is CC(=O)CCC(=O)O[C@@H]1CC[C@@]2(C)C(CCC3C2CC[C@@]2(C)C3CC[C@@H]2[C@H](C)CCCC(C)C)C1. The molecule has 200 valence electrons.